The van der Waals surface area contributed by atoms with Gasteiger partial charge in [-0.3, -0.25) is 4.79 Å². The highest BCUT2D eigenvalue weighted by Gasteiger charge is 2.18. The van der Waals surface area contributed by atoms with Crippen molar-refractivity contribution in [2.45, 2.75) is 26.8 Å². The summed E-state index contributed by atoms with van der Waals surface area (Å²) in [5.74, 6) is -2.12. The first-order valence-electron chi connectivity index (χ1n) is 5.35. The number of carbonyl (C=O) groups excluding carboxylic acids is 1. The van der Waals surface area contributed by atoms with E-state index in [1.807, 2.05) is 0 Å². The van der Waals surface area contributed by atoms with E-state index in [4.69, 9.17) is 5.73 Å². The maximum atomic E-state index is 13.4. The average Bonchev–Trinajstić information content (AvgIpc) is 2.24. The molecule has 0 saturated heterocycles. The minimum Gasteiger partial charge on any atom is -0.327 e. The number of amides is 1. The quantitative estimate of drug-likeness (QED) is 0.853. The van der Waals surface area contributed by atoms with Gasteiger partial charge in [-0.25, -0.2) is 8.78 Å². The van der Waals surface area contributed by atoms with Crippen LogP contribution >= 0.6 is 0 Å². The Labute approximate surface area is 99.0 Å². The van der Waals surface area contributed by atoms with E-state index < -0.39 is 23.5 Å². The Morgan fingerprint density at radius 2 is 1.88 bits per heavy atom. The molecule has 0 spiro atoms. The van der Waals surface area contributed by atoms with Gasteiger partial charge in [0.2, 0.25) is 5.91 Å². The Morgan fingerprint density at radius 3 is 2.41 bits per heavy atom. The summed E-state index contributed by atoms with van der Waals surface area (Å²) in [5, 5.41) is 2.33. The largest absolute Gasteiger partial charge is 0.327 e. The van der Waals surface area contributed by atoms with Crippen LogP contribution in [-0.2, 0) is 4.79 Å². The first-order valence-corrected chi connectivity index (χ1v) is 5.35. The Bertz CT molecular complexity index is 433. The van der Waals surface area contributed by atoms with Gasteiger partial charge in [-0.1, -0.05) is 6.92 Å². The molecular weight excluding hydrogens is 226 g/mol. The fourth-order valence-electron chi connectivity index (χ4n) is 1.23. The Balaban J connectivity index is 2.89. The van der Waals surface area contributed by atoms with Crippen molar-refractivity contribution in [1.82, 2.24) is 0 Å². The molecule has 17 heavy (non-hydrogen) atoms. The van der Waals surface area contributed by atoms with Crippen molar-refractivity contribution in [2.24, 2.45) is 11.7 Å². The van der Waals surface area contributed by atoms with Gasteiger partial charge in [-0.2, -0.15) is 0 Å². The second-order valence-electron chi connectivity index (χ2n) is 4.22. The number of hydrogen-bond donors (Lipinski definition) is 2. The van der Waals surface area contributed by atoms with Crippen LogP contribution < -0.4 is 11.1 Å². The molecular formula is C12H16F2N2O. The van der Waals surface area contributed by atoms with Gasteiger partial charge in [-0.05, 0) is 25.5 Å². The summed E-state index contributed by atoms with van der Waals surface area (Å²) in [4.78, 5) is 11.6. The molecule has 0 radical (unpaired) electrons. The number of carbonyl (C=O) groups is 1. The van der Waals surface area contributed by atoms with E-state index >= 15 is 0 Å². The third-order valence-electron chi connectivity index (χ3n) is 2.71. The van der Waals surface area contributed by atoms with E-state index in [1.165, 1.54) is 6.92 Å². The van der Waals surface area contributed by atoms with E-state index in [1.54, 1.807) is 13.8 Å². The number of nitrogens with two attached hydrogens (primary N) is 1. The zero-order valence-corrected chi connectivity index (χ0v) is 10.1. The van der Waals surface area contributed by atoms with Crippen LogP contribution in [0.2, 0.25) is 0 Å². The van der Waals surface area contributed by atoms with Gasteiger partial charge in [-0.15, -0.1) is 0 Å². The molecule has 94 valence electrons. The third-order valence-corrected chi connectivity index (χ3v) is 2.71. The number of aryl methyl sites for hydroxylation is 1. The molecule has 0 bridgehead atoms. The molecule has 0 aliphatic rings. The predicted molar refractivity (Wildman–Crippen MR) is 62.5 cm³/mol. The van der Waals surface area contributed by atoms with Crippen LogP contribution in [0.25, 0.3) is 0 Å². The van der Waals surface area contributed by atoms with Gasteiger partial charge in [0.25, 0.3) is 0 Å². The smallest absolute Gasteiger partial charge is 0.228 e. The van der Waals surface area contributed by atoms with Crippen LogP contribution in [0.4, 0.5) is 14.5 Å². The number of anilines is 1. The van der Waals surface area contributed by atoms with Gasteiger partial charge < -0.3 is 11.1 Å². The van der Waals surface area contributed by atoms with Crippen molar-refractivity contribution in [3.8, 4) is 0 Å². The molecule has 0 aromatic heterocycles. The van der Waals surface area contributed by atoms with Crippen molar-refractivity contribution in [2.75, 3.05) is 5.32 Å². The van der Waals surface area contributed by atoms with Gasteiger partial charge in [0, 0.05) is 12.1 Å². The summed E-state index contributed by atoms with van der Waals surface area (Å²) < 4.78 is 26.7. The number of benzene rings is 1. The SMILES string of the molecule is Cc1cc(F)c(NC(=O)C(C)C(C)N)cc1F. The van der Waals surface area contributed by atoms with Gasteiger partial charge in [0.05, 0.1) is 11.6 Å². The van der Waals surface area contributed by atoms with Crippen LogP contribution in [-0.4, -0.2) is 11.9 Å². The highest BCUT2D eigenvalue weighted by molar-refractivity contribution is 5.92. The molecule has 3 nitrogen and oxygen atoms in total. The summed E-state index contributed by atoms with van der Waals surface area (Å²) in [5.41, 5.74) is 5.59. The highest BCUT2D eigenvalue weighted by atomic mass is 19.1. The lowest BCUT2D eigenvalue weighted by Crippen LogP contribution is -2.34. The molecule has 0 saturated carbocycles. The fraction of sp³-hybridized carbons (Fsp3) is 0.417. The van der Waals surface area contributed by atoms with Gasteiger partial charge in [0.15, 0.2) is 0 Å². The first kappa shape index (κ1) is 13.6. The Kier molecular flexibility index (Phi) is 4.17. The third kappa shape index (κ3) is 3.23. The normalized spacial score (nSPS) is 14.2. The van der Waals surface area contributed by atoms with Crippen molar-refractivity contribution < 1.29 is 13.6 Å². The molecule has 1 aromatic rings. The summed E-state index contributed by atoms with van der Waals surface area (Å²) in [6.45, 7) is 4.76. The molecule has 3 N–H and O–H groups in total. The molecule has 0 heterocycles. The van der Waals surface area contributed by atoms with E-state index in [9.17, 15) is 13.6 Å². The molecule has 2 unspecified atom stereocenters. The lowest BCUT2D eigenvalue weighted by Gasteiger charge is -2.16. The van der Waals surface area contributed by atoms with Crippen LogP contribution in [0.15, 0.2) is 12.1 Å². The lowest BCUT2D eigenvalue weighted by molar-refractivity contribution is -0.119. The van der Waals surface area contributed by atoms with Gasteiger partial charge in [0.1, 0.15) is 11.6 Å². The number of nitrogens with one attached hydrogen (secondary N) is 1. The maximum Gasteiger partial charge on any atom is 0.228 e. The Hall–Kier alpha value is -1.49. The molecule has 1 aromatic carbocycles. The minimum atomic E-state index is -0.658. The molecule has 0 fully saturated rings. The number of hydrogen-bond acceptors (Lipinski definition) is 2. The maximum absolute atomic E-state index is 13.4. The van der Waals surface area contributed by atoms with E-state index in [2.05, 4.69) is 5.32 Å². The average molecular weight is 242 g/mol. The molecule has 5 heteroatoms. The molecule has 1 rings (SSSR count). The molecule has 1 amide bonds. The molecule has 0 aliphatic heterocycles. The minimum absolute atomic E-state index is 0.161. The fourth-order valence-corrected chi connectivity index (χ4v) is 1.23. The summed E-state index contributed by atoms with van der Waals surface area (Å²) in [6, 6.07) is 1.66. The van der Waals surface area contributed by atoms with Gasteiger partial charge >= 0.3 is 0 Å². The van der Waals surface area contributed by atoms with Crippen LogP contribution in [0.3, 0.4) is 0 Å². The monoisotopic (exact) mass is 242 g/mol. The molecule has 2 atom stereocenters. The van der Waals surface area contributed by atoms with Crippen LogP contribution in [0.1, 0.15) is 19.4 Å². The Morgan fingerprint density at radius 1 is 1.29 bits per heavy atom. The van der Waals surface area contributed by atoms with Crippen molar-refractivity contribution in [3.05, 3.63) is 29.3 Å². The number of rotatable bonds is 3. The predicted octanol–water partition coefficient (Wildman–Crippen LogP) is 2.20. The van der Waals surface area contributed by atoms with Crippen LogP contribution in [0, 0.1) is 24.5 Å². The summed E-state index contributed by atoms with van der Waals surface area (Å²) in [7, 11) is 0. The second kappa shape index (κ2) is 5.23. The van der Waals surface area contributed by atoms with E-state index in [0.717, 1.165) is 12.1 Å². The molecule has 0 aliphatic carbocycles. The van der Waals surface area contributed by atoms with Crippen LogP contribution in [0.5, 0.6) is 0 Å². The lowest BCUT2D eigenvalue weighted by atomic mass is 10.0. The van der Waals surface area contributed by atoms with Crippen molar-refractivity contribution >= 4 is 11.6 Å². The standard InChI is InChI=1S/C12H16F2N2O/c1-6-4-10(14)11(5-9(6)13)16-12(17)7(2)8(3)15/h4-5,7-8H,15H2,1-3H3,(H,16,17). The van der Waals surface area contributed by atoms with E-state index in [0.29, 0.717) is 0 Å². The highest BCUT2D eigenvalue weighted by Crippen LogP contribution is 2.19. The first-order chi connectivity index (χ1) is 7.82. The van der Waals surface area contributed by atoms with Crippen molar-refractivity contribution in [3.63, 3.8) is 0 Å². The topological polar surface area (TPSA) is 55.1 Å². The zero-order chi connectivity index (χ0) is 13.2. The van der Waals surface area contributed by atoms with E-state index in [-0.39, 0.29) is 17.3 Å². The second-order valence-corrected chi connectivity index (χ2v) is 4.22. The zero-order valence-electron chi connectivity index (χ0n) is 10.1. The summed E-state index contributed by atoms with van der Waals surface area (Å²) >= 11 is 0. The number of halogens is 2. The summed E-state index contributed by atoms with van der Waals surface area (Å²) in [6.07, 6.45) is 0. The van der Waals surface area contributed by atoms with Crippen molar-refractivity contribution in [1.29, 1.82) is 0 Å².